The average Bonchev–Trinajstić information content (AvgIpc) is 3.29. The van der Waals surface area contributed by atoms with Gasteiger partial charge in [-0.1, -0.05) is 58.0 Å². The van der Waals surface area contributed by atoms with Gasteiger partial charge >= 0.3 is 0 Å². The van der Waals surface area contributed by atoms with E-state index in [-0.39, 0.29) is 11.7 Å². The van der Waals surface area contributed by atoms with Crippen LogP contribution in [0.4, 0.5) is 5.69 Å². The van der Waals surface area contributed by atoms with E-state index in [0.29, 0.717) is 11.0 Å². The van der Waals surface area contributed by atoms with Crippen LogP contribution in [0, 0.1) is 13.8 Å². The second-order valence-corrected chi connectivity index (χ2v) is 8.85. The first-order valence-electron chi connectivity index (χ1n) is 9.63. The summed E-state index contributed by atoms with van der Waals surface area (Å²) in [7, 11) is 1.86. The molecule has 1 N–H and O–H groups in total. The van der Waals surface area contributed by atoms with Gasteiger partial charge in [0.05, 0.1) is 22.8 Å². The first-order chi connectivity index (χ1) is 14.9. The average molecular weight is 497 g/mol. The van der Waals surface area contributed by atoms with Gasteiger partial charge in [-0.2, -0.15) is 5.10 Å². The van der Waals surface area contributed by atoms with Crippen LogP contribution in [-0.4, -0.2) is 36.2 Å². The van der Waals surface area contributed by atoms with Gasteiger partial charge in [0.1, 0.15) is 0 Å². The van der Waals surface area contributed by atoms with Gasteiger partial charge in [-0.25, -0.2) is 0 Å². The van der Waals surface area contributed by atoms with E-state index in [1.54, 1.807) is 4.68 Å². The van der Waals surface area contributed by atoms with Crippen molar-refractivity contribution in [3.8, 4) is 17.1 Å². The number of carbonyl (C=O) groups excluding carboxylic acids is 1. The number of para-hydroxylation sites is 1. The Bertz CT molecular complexity index is 1230. The van der Waals surface area contributed by atoms with E-state index in [0.717, 1.165) is 32.8 Å². The SMILES string of the molecule is Cc1nn(C)c(C)c1NC(=O)CSc1nnc(-c2cccc(Br)c2)n1-c1ccccc1. The Morgan fingerprint density at radius 3 is 2.55 bits per heavy atom. The number of rotatable bonds is 6. The standard InChI is InChI=1S/C22H21BrN6OS/c1-14-20(15(2)28(3)27-14)24-19(30)13-31-22-26-25-21(16-8-7-9-17(23)12-16)29(22)18-10-5-4-6-11-18/h4-12H,13H2,1-3H3,(H,24,30). The van der Waals surface area contributed by atoms with Gasteiger partial charge in [-0.15, -0.1) is 10.2 Å². The highest BCUT2D eigenvalue weighted by molar-refractivity contribution is 9.10. The van der Waals surface area contributed by atoms with Crippen molar-refractivity contribution in [2.24, 2.45) is 7.05 Å². The van der Waals surface area contributed by atoms with E-state index in [1.807, 2.05) is 80.1 Å². The minimum absolute atomic E-state index is 0.115. The topological polar surface area (TPSA) is 77.6 Å². The van der Waals surface area contributed by atoms with Crippen LogP contribution in [0.5, 0.6) is 0 Å². The number of anilines is 1. The van der Waals surface area contributed by atoms with Gasteiger partial charge in [0.25, 0.3) is 0 Å². The van der Waals surface area contributed by atoms with Crippen LogP contribution >= 0.6 is 27.7 Å². The van der Waals surface area contributed by atoms with Crippen LogP contribution in [0.2, 0.25) is 0 Å². The predicted molar refractivity (Wildman–Crippen MR) is 127 cm³/mol. The van der Waals surface area contributed by atoms with E-state index in [2.05, 4.69) is 36.5 Å². The molecule has 1 amide bonds. The van der Waals surface area contributed by atoms with Crippen LogP contribution in [0.15, 0.2) is 64.2 Å². The maximum atomic E-state index is 12.6. The van der Waals surface area contributed by atoms with E-state index in [4.69, 9.17) is 0 Å². The number of aromatic nitrogens is 5. The van der Waals surface area contributed by atoms with Crippen molar-refractivity contribution in [1.82, 2.24) is 24.5 Å². The highest BCUT2D eigenvalue weighted by Gasteiger charge is 2.18. The van der Waals surface area contributed by atoms with Gasteiger partial charge in [-0.3, -0.25) is 14.0 Å². The van der Waals surface area contributed by atoms with Crippen molar-refractivity contribution in [3.05, 3.63) is 70.5 Å². The molecule has 2 aromatic heterocycles. The monoisotopic (exact) mass is 496 g/mol. The smallest absolute Gasteiger partial charge is 0.234 e. The molecule has 9 heteroatoms. The minimum atomic E-state index is -0.115. The highest BCUT2D eigenvalue weighted by atomic mass is 79.9. The Morgan fingerprint density at radius 2 is 1.87 bits per heavy atom. The second-order valence-electron chi connectivity index (χ2n) is 6.99. The third-order valence-electron chi connectivity index (χ3n) is 4.84. The van der Waals surface area contributed by atoms with Crippen molar-refractivity contribution >= 4 is 39.3 Å². The maximum absolute atomic E-state index is 12.6. The summed E-state index contributed by atoms with van der Waals surface area (Å²) in [6, 6.07) is 17.8. The molecule has 0 spiro atoms. The Balaban J connectivity index is 1.60. The molecule has 2 aromatic carbocycles. The van der Waals surface area contributed by atoms with Crippen LogP contribution < -0.4 is 5.32 Å². The lowest BCUT2D eigenvalue weighted by molar-refractivity contribution is -0.113. The lowest BCUT2D eigenvalue weighted by Crippen LogP contribution is -2.15. The second kappa shape index (κ2) is 9.07. The molecule has 4 rings (SSSR count). The molecule has 0 fully saturated rings. The van der Waals surface area contributed by atoms with E-state index < -0.39 is 0 Å². The Labute approximate surface area is 193 Å². The molecule has 0 saturated carbocycles. The summed E-state index contributed by atoms with van der Waals surface area (Å²) in [4.78, 5) is 12.6. The first-order valence-corrected chi connectivity index (χ1v) is 11.4. The largest absolute Gasteiger partial charge is 0.322 e. The number of halogens is 1. The van der Waals surface area contributed by atoms with Crippen molar-refractivity contribution in [2.45, 2.75) is 19.0 Å². The Hall–Kier alpha value is -2.91. The summed E-state index contributed by atoms with van der Waals surface area (Å²) in [5, 5.41) is 16.8. The number of benzene rings is 2. The summed E-state index contributed by atoms with van der Waals surface area (Å²) in [6.45, 7) is 3.81. The molecule has 0 radical (unpaired) electrons. The number of amides is 1. The first kappa shape index (κ1) is 21.3. The van der Waals surface area contributed by atoms with Crippen molar-refractivity contribution < 1.29 is 4.79 Å². The number of thioether (sulfide) groups is 1. The van der Waals surface area contributed by atoms with Gasteiger partial charge < -0.3 is 5.32 Å². The molecule has 0 unspecified atom stereocenters. The van der Waals surface area contributed by atoms with Crippen LogP contribution in [0.3, 0.4) is 0 Å². The van der Waals surface area contributed by atoms with E-state index >= 15 is 0 Å². The summed E-state index contributed by atoms with van der Waals surface area (Å²) < 4.78 is 4.69. The molecule has 2 heterocycles. The van der Waals surface area contributed by atoms with E-state index in [9.17, 15) is 4.79 Å². The third-order valence-corrected chi connectivity index (χ3v) is 6.26. The molecule has 4 aromatic rings. The molecule has 0 bridgehead atoms. The minimum Gasteiger partial charge on any atom is -0.322 e. The molecular formula is C22H21BrN6OS. The molecular weight excluding hydrogens is 476 g/mol. The lowest BCUT2D eigenvalue weighted by Gasteiger charge is -2.11. The van der Waals surface area contributed by atoms with Crippen LogP contribution in [0.25, 0.3) is 17.1 Å². The van der Waals surface area contributed by atoms with Crippen molar-refractivity contribution in [1.29, 1.82) is 0 Å². The normalized spacial score (nSPS) is 11.0. The molecule has 0 aliphatic rings. The quantitative estimate of drug-likeness (QED) is 0.388. The zero-order valence-electron chi connectivity index (χ0n) is 17.3. The molecule has 7 nitrogen and oxygen atoms in total. The predicted octanol–water partition coefficient (Wildman–Crippen LogP) is 4.78. The molecule has 0 saturated heterocycles. The number of nitrogens with zero attached hydrogens (tertiary/aromatic N) is 5. The van der Waals surface area contributed by atoms with Gasteiger partial charge in [-0.05, 0) is 38.1 Å². The Morgan fingerprint density at radius 1 is 1.10 bits per heavy atom. The van der Waals surface area contributed by atoms with E-state index in [1.165, 1.54) is 11.8 Å². The molecule has 0 aliphatic carbocycles. The van der Waals surface area contributed by atoms with Gasteiger partial charge in [0.2, 0.25) is 5.91 Å². The summed E-state index contributed by atoms with van der Waals surface area (Å²) >= 11 is 4.87. The van der Waals surface area contributed by atoms with Crippen molar-refractivity contribution in [3.63, 3.8) is 0 Å². The number of nitrogens with one attached hydrogen (secondary N) is 1. The molecule has 0 atom stereocenters. The zero-order valence-corrected chi connectivity index (χ0v) is 19.7. The highest BCUT2D eigenvalue weighted by Crippen LogP contribution is 2.29. The maximum Gasteiger partial charge on any atom is 0.234 e. The number of hydrogen-bond acceptors (Lipinski definition) is 5. The van der Waals surface area contributed by atoms with Gasteiger partial charge in [0.15, 0.2) is 11.0 Å². The summed E-state index contributed by atoms with van der Waals surface area (Å²) in [5.41, 5.74) is 4.34. The Kier molecular flexibility index (Phi) is 6.24. The molecule has 31 heavy (non-hydrogen) atoms. The van der Waals surface area contributed by atoms with Crippen LogP contribution in [-0.2, 0) is 11.8 Å². The lowest BCUT2D eigenvalue weighted by atomic mass is 10.2. The molecule has 0 aliphatic heterocycles. The molecule has 158 valence electrons. The van der Waals surface area contributed by atoms with Crippen LogP contribution in [0.1, 0.15) is 11.4 Å². The van der Waals surface area contributed by atoms with Crippen molar-refractivity contribution in [2.75, 3.05) is 11.1 Å². The zero-order chi connectivity index (χ0) is 22.0. The fourth-order valence-electron chi connectivity index (χ4n) is 3.25. The fourth-order valence-corrected chi connectivity index (χ4v) is 4.40. The number of carbonyl (C=O) groups is 1. The third kappa shape index (κ3) is 4.57. The number of hydrogen-bond donors (Lipinski definition) is 1. The fraction of sp³-hybridized carbons (Fsp3) is 0.182. The number of aryl methyl sites for hydroxylation is 2. The summed E-state index contributed by atoms with van der Waals surface area (Å²) in [6.07, 6.45) is 0. The summed E-state index contributed by atoms with van der Waals surface area (Å²) in [5.74, 6) is 0.808. The van der Waals surface area contributed by atoms with Gasteiger partial charge in [0, 0.05) is 22.8 Å².